The summed E-state index contributed by atoms with van der Waals surface area (Å²) < 4.78 is 33.0. The van der Waals surface area contributed by atoms with Gasteiger partial charge in [-0.3, -0.25) is 9.48 Å². The highest BCUT2D eigenvalue weighted by Gasteiger charge is 2.63. The maximum atomic E-state index is 12.3. The van der Waals surface area contributed by atoms with E-state index in [1.165, 1.54) is 15.2 Å². The summed E-state index contributed by atoms with van der Waals surface area (Å²) in [6, 6.07) is 0. The number of ether oxygens (including phenoxy) is 1. The molecule has 10 heteroatoms. The fourth-order valence-electron chi connectivity index (χ4n) is 4.58. The Morgan fingerprint density at radius 2 is 2.32 bits per heavy atom. The summed E-state index contributed by atoms with van der Waals surface area (Å²) >= 11 is 6.01. The van der Waals surface area contributed by atoms with Gasteiger partial charge in [0.15, 0.2) is 5.69 Å². The number of halogens is 1. The number of fused-ring (bicyclic) bond motifs is 1. The van der Waals surface area contributed by atoms with Crippen molar-refractivity contribution >= 4 is 27.5 Å². The van der Waals surface area contributed by atoms with Crippen molar-refractivity contribution in [2.45, 2.75) is 24.5 Å². The monoisotopic (exact) mass is 388 g/mol. The molecule has 0 radical (unpaired) electrons. The molecule has 4 atom stereocenters. The molecule has 0 saturated carbocycles. The smallest absolute Gasteiger partial charge is 0.273 e. The molecule has 4 heterocycles. The number of carbonyl (C=O) groups excluding carboxylic acids is 1. The Morgan fingerprint density at radius 3 is 2.96 bits per heavy atom. The van der Waals surface area contributed by atoms with Crippen LogP contribution in [-0.2, 0) is 21.8 Å². The molecule has 3 aliphatic heterocycles. The fourth-order valence-corrected chi connectivity index (χ4v) is 5.73. The van der Waals surface area contributed by atoms with Gasteiger partial charge in [0.2, 0.25) is 10.0 Å². The fraction of sp³-hybridized carbons (Fsp3) is 0.733. The molecule has 3 fully saturated rings. The van der Waals surface area contributed by atoms with Crippen molar-refractivity contribution in [2.24, 2.45) is 18.9 Å². The normalized spacial score (nSPS) is 34.4. The number of carbonyl (C=O) groups is 1. The number of amides is 1. The van der Waals surface area contributed by atoms with Gasteiger partial charge in [0, 0.05) is 44.7 Å². The summed E-state index contributed by atoms with van der Waals surface area (Å²) in [5.41, 5.74) is -0.182. The lowest BCUT2D eigenvalue weighted by molar-refractivity contribution is 0.00800. The SMILES string of the molecule is Cn1cc(Cl)c(C(=O)NC[C@H]2[C@H]3CN(S(C)(=O)=O)C[C@]34CC[C@H]2O4)n1. The predicted molar refractivity (Wildman–Crippen MR) is 90.8 cm³/mol. The highest BCUT2D eigenvalue weighted by molar-refractivity contribution is 7.88. The summed E-state index contributed by atoms with van der Waals surface area (Å²) in [4.78, 5) is 12.3. The van der Waals surface area contributed by atoms with Gasteiger partial charge < -0.3 is 10.1 Å². The third kappa shape index (κ3) is 2.77. The van der Waals surface area contributed by atoms with E-state index in [-0.39, 0.29) is 35.1 Å². The van der Waals surface area contributed by atoms with E-state index in [0.717, 1.165) is 12.8 Å². The number of nitrogens with one attached hydrogen (secondary N) is 1. The van der Waals surface area contributed by atoms with Crippen molar-refractivity contribution in [1.29, 1.82) is 0 Å². The molecular formula is C15H21ClN4O4S. The Bertz CT molecular complexity index is 825. The van der Waals surface area contributed by atoms with E-state index in [2.05, 4.69) is 10.4 Å². The molecule has 0 aliphatic carbocycles. The summed E-state index contributed by atoms with van der Waals surface area (Å²) in [6.45, 7) is 1.31. The van der Waals surface area contributed by atoms with E-state index >= 15 is 0 Å². The molecule has 138 valence electrons. The zero-order chi connectivity index (χ0) is 18.0. The van der Waals surface area contributed by atoms with Crippen LogP contribution in [-0.4, -0.2) is 66.0 Å². The highest BCUT2D eigenvalue weighted by atomic mass is 35.5. The van der Waals surface area contributed by atoms with Gasteiger partial charge in [-0.05, 0) is 12.8 Å². The van der Waals surface area contributed by atoms with Gasteiger partial charge in [0.25, 0.3) is 5.91 Å². The molecule has 1 aromatic heterocycles. The quantitative estimate of drug-likeness (QED) is 0.797. The maximum Gasteiger partial charge on any atom is 0.273 e. The van der Waals surface area contributed by atoms with Crippen molar-refractivity contribution in [1.82, 2.24) is 19.4 Å². The Hall–Kier alpha value is -1.16. The summed E-state index contributed by atoms with van der Waals surface area (Å²) in [7, 11) is -1.54. The van der Waals surface area contributed by atoms with Crippen LogP contribution in [0.1, 0.15) is 23.3 Å². The molecule has 4 rings (SSSR count). The van der Waals surface area contributed by atoms with Gasteiger partial charge in [-0.1, -0.05) is 11.6 Å². The maximum absolute atomic E-state index is 12.3. The Kier molecular flexibility index (Phi) is 3.91. The highest BCUT2D eigenvalue weighted by Crippen LogP contribution is 2.55. The first kappa shape index (κ1) is 17.3. The molecule has 1 N–H and O–H groups in total. The first-order valence-corrected chi connectivity index (χ1v) is 10.5. The number of aryl methyl sites for hydroxylation is 1. The minimum Gasteiger partial charge on any atom is -0.370 e. The molecule has 1 spiro atoms. The summed E-state index contributed by atoms with van der Waals surface area (Å²) in [5, 5.41) is 7.27. The van der Waals surface area contributed by atoms with Gasteiger partial charge in [-0.25, -0.2) is 8.42 Å². The second-order valence-electron chi connectivity index (χ2n) is 7.29. The van der Waals surface area contributed by atoms with Gasteiger partial charge >= 0.3 is 0 Å². The van der Waals surface area contributed by atoms with Crippen LogP contribution in [0.15, 0.2) is 6.20 Å². The van der Waals surface area contributed by atoms with Crippen molar-refractivity contribution in [3.63, 3.8) is 0 Å². The Labute approximate surface area is 151 Å². The van der Waals surface area contributed by atoms with E-state index in [1.54, 1.807) is 13.2 Å². The number of nitrogens with zero attached hydrogens (tertiary/aromatic N) is 3. The zero-order valence-corrected chi connectivity index (χ0v) is 15.7. The van der Waals surface area contributed by atoms with E-state index in [4.69, 9.17) is 16.3 Å². The van der Waals surface area contributed by atoms with Gasteiger partial charge in [-0.2, -0.15) is 9.40 Å². The average Bonchev–Trinajstić information content (AvgIpc) is 3.23. The molecular weight excluding hydrogens is 368 g/mol. The van der Waals surface area contributed by atoms with E-state index in [0.29, 0.717) is 24.7 Å². The molecule has 1 amide bonds. The van der Waals surface area contributed by atoms with Crippen LogP contribution in [0.3, 0.4) is 0 Å². The third-order valence-corrected chi connectivity index (χ3v) is 7.21. The number of rotatable bonds is 4. The van der Waals surface area contributed by atoms with Crippen LogP contribution < -0.4 is 5.32 Å². The molecule has 0 aromatic carbocycles. The summed E-state index contributed by atoms with van der Waals surface area (Å²) in [5.74, 6) is -0.104. The van der Waals surface area contributed by atoms with E-state index in [1.807, 2.05) is 0 Å². The first-order valence-electron chi connectivity index (χ1n) is 8.30. The lowest BCUT2D eigenvalue weighted by Gasteiger charge is -2.29. The second-order valence-corrected chi connectivity index (χ2v) is 9.68. The topological polar surface area (TPSA) is 93.5 Å². The van der Waals surface area contributed by atoms with Crippen LogP contribution in [0.4, 0.5) is 0 Å². The predicted octanol–water partition coefficient (Wildman–Crippen LogP) is 0.242. The minimum atomic E-state index is -3.24. The molecule has 8 nitrogen and oxygen atoms in total. The Morgan fingerprint density at radius 1 is 1.56 bits per heavy atom. The zero-order valence-electron chi connectivity index (χ0n) is 14.1. The van der Waals surface area contributed by atoms with Crippen LogP contribution in [0.25, 0.3) is 0 Å². The van der Waals surface area contributed by atoms with E-state index in [9.17, 15) is 13.2 Å². The lowest BCUT2D eigenvalue weighted by atomic mass is 9.73. The first-order chi connectivity index (χ1) is 11.7. The number of hydrogen-bond acceptors (Lipinski definition) is 5. The molecule has 25 heavy (non-hydrogen) atoms. The van der Waals surface area contributed by atoms with Gasteiger partial charge in [0.1, 0.15) is 0 Å². The van der Waals surface area contributed by atoms with Crippen molar-refractivity contribution in [3.8, 4) is 0 Å². The van der Waals surface area contributed by atoms with Gasteiger partial charge in [-0.15, -0.1) is 0 Å². The van der Waals surface area contributed by atoms with Crippen LogP contribution >= 0.6 is 11.6 Å². The standard InChI is InChI=1S/C15H21ClN4O4S/c1-19-7-11(16)13(18-19)14(21)17-5-9-10-6-20(25(2,22)23)8-15(10)4-3-12(9)24-15/h7,9-10,12H,3-6,8H2,1-2H3,(H,17,21)/t9-,10+,12+,15+/m0/s1. The third-order valence-electron chi connectivity index (χ3n) is 5.72. The van der Waals surface area contributed by atoms with Crippen molar-refractivity contribution in [2.75, 3.05) is 25.9 Å². The number of aromatic nitrogens is 2. The molecule has 0 unspecified atom stereocenters. The Balaban J connectivity index is 1.47. The lowest BCUT2D eigenvalue weighted by Crippen LogP contribution is -2.42. The minimum absolute atomic E-state index is 0.0752. The average molecular weight is 389 g/mol. The van der Waals surface area contributed by atoms with Gasteiger partial charge in [0.05, 0.1) is 23.0 Å². The van der Waals surface area contributed by atoms with Crippen LogP contribution in [0.5, 0.6) is 0 Å². The molecule has 3 aliphatic rings. The molecule has 2 bridgehead atoms. The summed E-state index contributed by atoms with van der Waals surface area (Å²) in [6.07, 6.45) is 4.67. The van der Waals surface area contributed by atoms with Crippen molar-refractivity contribution < 1.29 is 17.9 Å². The van der Waals surface area contributed by atoms with Crippen molar-refractivity contribution in [3.05, 3.63) is 16.9 Å². The largest absolute Gasteiger partial charge is 0.370 e. The van der Waals surface area contributed by atoms with Crippen LogP contribution in [0.2, 0.25) is 5.02 Å². The number of hydrogen-bond donors (Lipinski definition) is 1. The number of sulfonamides is 1. The molecule has 1 aromatic rings. The van der Waals surface area contributed by atoms with Crippen LogP contribution in [0, 0.1) is 11.8 Å². The van der Waals surface area contributed by atoms with E-state index < -0.39 is 10.0 Å². The molecule has 3 saturated heterocycles. The second kappa shape index (κ2) is 5.67.